The van der Waals surface area contributed by atoms with E-state index in [1.807, 2.05) is 27.7 Å². The fourth-order valence-corrected chi connectivity index (χ4v) is 1.87. The van der Waals surface area contributed by atoms with Gasteiger partial charge in [0, 0.05) is 5.38 Å². The Morgan fingerprint density at radius 3 is 2.76 bits per heavy atom. The van der Waals surface area contributed by atoms with Gasteiger partial charge in [-0.15, -0.1) is 17.8 Å². The molecule has 0 bridgehead atoms. The van der Waals surface area contributed by atoms with Crippen molar-refractivity contribution in [3.05, 3.63) is 16.1 Å². The number of carbonyl (C=O) groups excluding carboxylic acids is 1. The van der Waals surface area contributed by atoms with E-state index in [4.69, 9.17) is 11.2 Å². The fraction of sp³-hybridized carbons (Fsp3) is 0.500. The Labute approximate surface area is 105 Å². The second kappa shape index (κ2) is 5.19. The van der Waals surface area contributed by atoms with Gasteiger partial charge < -0.3 is 10.1 Å². The number of rotatable bonds is 2. The molecule has 0 spiro atoms. The average Bonchev–Trinajstić information content (AvgIpc) is 2.62. The molecule has 0 saturated carbocycles. The molecule has 0 saturated heterocycles. The maximum absolute atomic E-state index is 11.5. The van der Waals surface area contributed by atoms with Gasteiger partial charge in [-0.1, -0.05) is 0 Å². The number of carbonyl (C=O) groups is 1. The van der Waals surface area contributed by atoms with Crippen LogP contribution in [0.5, 0.6) is 0 Å². The molecule has 0 fully saturated rings. The van der Waals surface area contributed by atoms with Crippen LogP contribution in [0.3, 0.4) is 0 Å². The smallest absolute Gasteiger partial charge is 0.408 e. The van der Waals surface area contributed by atoms with E-state index >= 15 is 0 Å². The Bertz CT molecular complexity index is 440. The van der Waals surface area contributed by atoms with Crippen LogP contribution < -0.4 is 5.32 Å². The van der Waals surface area contributed by atoms with Crippen LogP contribution in [0.15, 0.2) is 5.38 Å². The molecule has 1 amide bonds. The fourth-order valence-electron chi connectivity index (χ4n) is 1.10. The van der Waals surface area contributed by atoms with E-state index in [9.17, 15) is 4.79 Å². The van der Waals surface area contributed by atoms with Crippen molar-refractivity contribution in [2.45, 2.75) is 39.3 Å². The summed E-state index contributed by atoms with van der Waals surface area (Å²) in [7, 11) is 0. The number of nitrogens with one attached hydrogen (secondary N) is 1. The summed E-state index contributed by atoms with van der Waals surface area (Å²) in [6.45, 7) is 7.29. The van der Waals surface area contributed by atoms with Crippen molar-refractivity contribution in [1.29, 1.82) is 0 Å². The number of hydrogen-bond acceptors (Lipinski definition) is 4. The molecule has 5 heteroatoms. The van der Waals surface area contributed by atoms with Gasteiger partial charge in [-0.05, 0) is 33.6 Å². The predicted octanol–water partition coefficient (Wildman–Crippen LogP) is 2.71. The molecule has 1 aromatic heterocycles. The van der Waals surface area contributed by atoms with Crippen molar-refractivity contribution in [1.82, 2.24) is 10.3 Å². The van der Waals surface area contributed by atoms with Gasteiger partial charge in [-0.3, -0.25) is 0 Å². The molecule has 0 aliphatic rings. The number of alkyl carbamates (subject to hydrolysis) is 1. The topological polar surface area (TPSA) is 51.2 Å². The third-order valence-electron chi connectivity index (χ3n) is 1.77. The molecule has 1 rings (SSSR count). The Balaban J connectivity index is 2.58. The molecule has 4 nitrogen and oxygen atoms in total. The highest BCUT2D eigenvalue weighted by Crippen LogP contribution is 2.18. The molecule has 1 N–H and O–H groups in total. The third-order valence-corrected chi connectivity index (χ3v) is 2.80. The second-order valence-corrected chi connectivity index (χ2v) is 5.47. The van der Waals surface area contributed by atoms with E-state index in [-0.39, 0.29) is 6.04 Å². The van der Waals surface area contributed by atoms with Crippen molar-refractivity contribution in [3.8, 4) is 12.3 Å². The first-order chi connectivity index (χ1) is 7.81. The summed E-state index contributed by atoms with van der Waals surface area (Å²) in [5.41, 5.74) is 0.0826. The summed E-state index contributed by atoms with van der Waals surface area (Å²) in [5, 5.41) is 5.26. The number of aromatic nitrogens is 1. The van der Waals surface area contributed by atoms with Gasteiger partial charge in [-0.25, -0.2) is 9.78 Å². The van der Waals surface area contributed by atoms with Gasteiger partial charge in [0.15, 0.2) is 0 Å². The van der Waals surface area contributed by atoms with Crippen LogP contribution in [-0.2, 0) is 4.74 Å². The van der Waals surface area contributed by atoms with Crippen molar-refractivity contribution in [2.24, 2.45) is 0 Å². The minimum Gasteiger partial charge on any atom is -0.444 e. The number of terminal acetylenes is 1. The van der Waals surface area contributed by atoms with Gasteiger partial charge in [0.2, 0.25) is 0 Å². The van der Waals surface area contributed by atoms with Crippen molar-refractivity contribution < 1.29 is 9.53 Å². The molecular weight excluding hydrogens is 236 g/mol. The highest BCUT2D eigenvalue weighted by atomic mass is 32.1. The summed E-state index contributed by atoms with van der Waals surface area (Å²) in [6.07, 6.45) is 4.77. The summed E-state index contributed by atoms with van der Waals surface area (Å²) in [4.78, 5) is 15.7. The summed E-state index contributed by atoms with van der Waals surface area (Å²) in [6, 6.07) is -0.211. The zero-order valence-electron chi connectivity index (χ0n) is 10.4. The van der Waals surface area contributed by atoms with Crippen LogP contribution in [0.25, 0.3) is 0 Å². The van der Waals surface area contributed by atoms with Gasteiger partial charge in [-0.2, -0.15) is 0 Å². The third kappa shape index (κ3) is 4.45. The van der Waals surface area contributed by atoms with Gasteiger partial charge in [0.25, 0.3) is 0 Å². The van der Waals surface area contributed by atoms with E-state index in [1.165, 1.54) is 11.3 Å². The van der Waals surface area contributed by atoms with Gasteiger partial charge in [0.05, 0.1) is 6.04 Å². The summed E-state index contributed by atoms with van der Waals surface area (Å²) >= 11 is 1.42. The first kappa shape index (κ1) is 13.5. The maximum atomic E-state index is 11.5. The van der Waals surface area contributed by atoms with Crippen molar-refractivity contribution >= 4 is 17.4 Å². The number of amides is 1. The van der Waals surface area contributed by atoms with E-state index in [2.05, 4.69) is 16.2 Å². The number of thiazole rings is 1. The van der Waals surface area contributed by atoms with Crippen LogP contribution in [0.1, 0.15) is 44.4 Å². The average molecular weight is 252 g/mol. The number of nitrogens with zero attached hydrogens (tertiary/aromatic N) is 1. The lowest BCUT2D eigenvalue weighted by molar-refractivity contribution is 0.0508. The number of hydrogen-bond donors (Lipinski definition) is 1. The molecule has 1 atom stereocenters. The Kier molecular flexibility index (Phi) is 4.13. The molecule has 92 valence electrons. The normalized spacial score (nSPS) is 12.6. The minimum atomic E-state index is -0.503. The van der Waals surface area contributed by atoms with Crippen molar-refractivity contribution in [2.75, 3.05) is 0 Å². The van der Waals surface area contributed by atoms with Crippen LogP contribution >= 0.6 is 11.3 Å². The highest BCUT2D eigenvalue weighted by molar-refractivity contribution is 7.09. The Hall–Kier alpha value is -1.54. The molecule has 0 unspecified atom stereocenters. The molecule has 0 radical (unpaired) electrons. The largest absolute Gasteiger partial charge is 0.444 e. The molecule has 0 aliphatic heterocycles. The molecule has 1 aromatic rings. The van der Waals surface area contributed by atoms with E-state index in [0.29, 0.717) is 5.69 Å². The van der Waals surface area contributed by atoms with Gasteiger partial charge in [0.1, 0.15) is 16.3 Å². The van der Waals surface area contributed by atoms with Crippen LogP contribution in [0.2, 0.25) is 0 Å². The van der Waals surface area contributed by atoms with E-state index in [0.717, 1.165) is 5.01 Å². The zero-order valence-corrected chi connectivity index (χ0v) is 11.2. The summed E-state index contributed by atoms with van der Waals surface area (Å²) in [5.74, 6) is 2.45. The first-order valence-electron chi connectivity index (χ1n) is 5.23. The highest BCUT2D eigenvalue weighted by Gasteiger charge is 2.19. The SMILES string of the molecule is C#Cc1csc([C@@H](C)NC(=O)OC(C)(C)C)n1. The first-order valence-corrected chi connectivity index (χ1v) is 6.11. The number of ether oxygens (including phenoxy) is 1. The van der Waals surface area contributed by atoms with Crippen LogP contribution in [0, 0.1) is 12.3 Å². The molecule has 1 heterocycles. The molecule has 0 aromatic carbocycles. The monoisotopic (exact) mass is 252 g/mol. The van der Waals surface area contributed by atoms with Gasteiger partial charge >= 0.3 is 6.09 Å². The molecule has 17 heavy (non-hydrogen) atoms. The second-order valence-electron chi connectivity index (χ2n) is 4.58. The Morgan fingerprint density at radius 2 is 2.29 bits per heavy atom. The maximum Gasteiger partial charge on any atom is 0.408 e. The lowest BCUT2D eigenvalue weighted by Crippen LogP contribution is -2.34. The molecular formula is C12H16N2O2S. The van der Waals surface area contributed by atoms with Crippen LogP contribution in [-0.4, -0.2) is 16.7 Å². The quantitative estimate of drug-likeness (QED) is 0.823. The van der Waals surface area contributed by atoms with E-state index in [1.54, 1.807) is 5.38 Å². The molecule has 0 aliphatic carbocycles. The van der Waals surface area contributed by atoms with Crippen LogP contribution in [0.4, 0.5) is 4.79 Å². The Morgan fingerprint density at radius 1 is 1.65 bits per heavy atom. The lowest BCUT2D eigenvalue weighted by atomic mass is 10.2. The van der Waals surface area contributed by atoms with Crippen molar-refractivity contribution in [3.63, 3.8) is 0 Å². The summed E-state index contributed by atoms with van der Waals surface area (Å²) < 4.78 is 5.15. The zero-order chi connectivity index (χ0) is 13.1. The minimum absolute atomic E-state index is 0.211. The van der Waals surface area contributed by atoms with E-state index < -0.39 is 11.7 Å². The predicted molar refractivity (Wildman–Crippen MR) is 67.8 cm³/mol. The standard InChI is InChI=1S/C12H16N2O2S/c1-6-9-7-17-10(14-9)8(2)13-11(15)16-12(3,4)5/h1,7-8H,2-5H3,(H,13,15)/t8-/m1/s1. The lowest BCUT2D eigenvalue weighted by Gasteiger charge is -2.21.